The van der Waals surface area contributed by atoms with Crippen LogP contribution >= 0.6 is 0 Å². The number of amides is 2. The Hall–Kier alpha value is -5.72. The van der Waals surface area contributed by atoms with Crippen molar-refractivity contribution in [2.24, 2.45) is 33.3 Å². The maximum atomic E-state index is 11.9. The van der Waals surface area contributed by atoms with E-state index in [0.29, 0.717) is 37.6 Å². The van der Waals surface area contributed by atoms with Crippen LogP contribution in [0.1, 0.15) is 98.6 Å². The molecule has 6 rings (SSSR count). The maximum Gasteiger partial charge on any atom is 0.435 e. The molecule has 0 atom stereocenters. The molecule has 4 N–H and O–H groups in total. The van der Waals surface area contributed by atoms with Gasteiger partial charge in [-0.2, -0.15) is 9.98 Å². The molecule has 62 heavy (non-hydrogen) atoms. The van der Waals surface area contributed by atoms with Gasteiger partial charge in [0.1, 0.15) is 36.4 Å². The molecule has 12 nitrogen and oxygen atoms in total. The molecule has 0 aliphatic carbocycles. The van der Waals surface area contributed by atoms with Gasteiger partial charge in [-0.3, -0.25) is 9.80 Å². The second kappa shape index (κ2) is 24.1. The van der Waals surface area contributed by atoms with Gasteiger partial charge in [-0.25, -0.2) is 9.59 Å². The topological polar surface area (TPSA) is 154 Å². The van der Waals surface area contributed by atoms with Gasteiger partial charge in [0.05, 0.1) is 13.2 Å². The molecule has 0 radical (unpaired) electrons. The molecule has 2 aliphatic rings. The Bertz CT molecular complexity index is 1920. The van der Waals surface area contributed by atoms with Crippen LogP contribution in [0, 0.1) is 11.8 Å². The minimum absolute atomic E-state index is 0.124. The number of rotatable bonds is 19. The van der Waals surface area contributed by atoms with Gasteiger partial charge in [0.2, 0.25) is 0 Å². The van der Waals surface area contributed by atoms with Gasteiger partial charge in [-0.15, -0.1) is 0 Å². The molecule has 0 aromatic heterocycles. The number of piperidine rings is 2. The second-order valence-corrected chi connectivity index (χ2v) is 16.4. The number of carbonyl (C=O) groups excluding carboxylic acids is 2. The zero-order valence-corrected chi connectivity index (χ0v) is 36.5. The molecule has 2 saturated heterocycles. The third-order valence-electron chi connectivity index (χ3n) is 11.7. The summed E-state index contributed by atoms with van der Waals surface area (Å²) in [5.41, 5.74) is 18.2. The highest BCUT2D eigenvalue weighted by Crippen LogP contribution is 2.33. The quantitative estimate of drug-likeness (QED) is 0.0530. The summed E-state index contributed by atoms with van der Waals surface area (Å²) >= 11 is 0. The number of carbonyl (C=O) groups is 2. The van der Waals surface area contributed by atoms with Crippen LogP contribution < -0.4 is 20.9 Å². The van der Waals surface area contributed by atoms with Crippen molar-refractivity contribution in [3.8, 4) is 11.5 Å². The molecule has 330 valence electrons. The highest BCUT2D eigenvalue weighted by molar-refractivity contribution is 6.03. The van der Waals surface area contributed by atoms with Gasteiger partial charge >= 0.3 is 12.2 Å². The zero-order valence-electron chi connectivity index (χ0n) is 36.5. The lowest BCUT2D eigenvalue weighted by Crippen LogP contribution is -2.40. The number of hydrogen-bond acceptors (Lipinski definition) is 8. The van der Waals surface area contributed by atoms with Crippen molar-refractivity contribution in [1.82, 2.24) is 9.80 Å². The van der Waals surface area contributed by atoms with Crippen LogP contribution in [0.2, 0.25) is 0 Å². The summed E-state index contributed by atoms with van der Waals surface area (Å²) in [5.74, 6) is 3.29. The van der Waals surface area contributed by atoms with Gasteiger partial charge in [-0.05, 0) is 147 Å². The number of likely N-dealkylation sites (tertiary alicyclic amines) is 2. The Balaban J connectivity index is 0.875. The van der Waals surface area contributed by atoms with Crippen LogP contribution in [-0.4, -0.2) is 73.1 Å². The van der Waals surface area contributed by atoms with E-state index in [1.807, 2.05) is 38.1 Å². The minimum atomic E-state index is -0.669. The van der Waals surface area contributed by atoms with E-state index in [9.17, 15) is 9.59 Å². The van der Waals surface area contributed by atoms with E-state index in [0.717, 1.165) is 99.4 Å². The standard InChI is InChI=1S/C50H64N6O6/c1-3-5-29-59-49(57)53-47(51)43-13-17-45(18-14-43)61-35-39-11-7-9-37(31-39)33-55-25-21-41(22-26-55)42-23-27-56(28-24-42)34-38-10-8-12-40(32-38)36-62-46-19-15-44(16-20-46)48(52)54-50(58)60-30-6-4-2/h7-20,31-32,41-42H,3-6,21-30,33-36H2,1-2H3,(H2,51,53,57)(H2,52,54,58). The SMILES string of the molecule is CCCCOC(=O)N=C(N)c1ccc(OCc2cccc(CN3CCC(C4CCN(Cc5cccc(COc6ccc(C(N)=NC(=O)OCCCC)cc6)c5)CC4)CC3)c2)cc1. The minimum Gasteiger partial charge on any atom is -0.489 e. The molecule has 2 fully saturated rings. The molecule has 12 heteroatoms. The maximum absolute atomic E-state index is 11.9. The molecule has 2 aliphatic heterocycles. The van der Waals surface area contributed by atoms with Crippen molar-refractivity contribution in [2.45, 2.75) is 91.5 Å². The van der Waals surface area contributed by atoms with Gasteiger partial charge in [0.15, 0.2) is 0 Å². The smallest absolute Gasteiger partial charge is 0.435 e. The Morgan fingerprint density at radius 1 is 0.565 bits per heavy atom. The fourth-order valence-electron chi connectivity index (χ4n) is 8.09. The van der Waals surface area contributed by atoms with Gasteiger partial charge in [-0.1, -0.05) is 75.2 Å². The van der Waals surface area contributed by atoms with E-state index in [4.69, 9.17) is 30.4 Å². The Kier molecular flexibility index (Phi) is 17.8. The normalized spacial score (nSPS) is 15.9. The fraction of sp³-hybridized carbons (Fsp3) is 0.440. The number of unbranched alkanes of at least 4 members (excludes halogenated alkanes) is 2. The Morgan fingerprint density at radius 3 is 1.31 bits per heavy atom. The van der Waals surface area contributed by atoms with Crippen molar-refractivity contribution >= 4 is 23.9 Å². The molecule has 2 amide bonds. The first kappa shape index (κ1) is 45.8. The highest BCUT2D eigenvalue weighted by Gasteiger charge is 2.29. The van der Waals surface area contributed by atoms with Crippen molar-refractivity contribution in [3.63, 3.8) is 0 Å². The molecule has 0 bridgehead atoms. The number of nitrogens with zero attached hydrogens (tertiary/aromatic N) is 4. The first-order chi connectivity index (χ1) is 30.2. The lowest BCUT2D eigenvalue weighted by Gasteiger charge is -2.40. The third-order valence-corrected chi connectivity index (χ3v) is 11.7. The monoisotopic (exact) mass is 844 g/mol. The summed E-state index contributed by atoms with van der Waals surface area (Å²) in [7, 11) is 0. The fourth-order valence-corrected chi connectivity index (χ4v) is 8.09. The molecule has 4 aromatic rings. The highest BCUT2D eigenvalue weighted by atomic mass is 16.5. The molecular formula is C50H64N6O6. The number of hydrogen-bond donors (Lipinski definition) is 2. The van der Waals surface area contributed by atoms with Crippen molar-refractivity contribution in [2.75, 3.05) is 39.4 Å². The molecule has 2 heterocycles. The van der Waals surface area contributed by atoms with E-state index in [1.54, 1.807) is 24.3 Å². The van der Waals surface area contributed by atoms with Gasteiger partial charge in [0, 0.05) is 24.2 Å². The van der Waals surface area contributed by atoms with E-state index in [-0.39, 0.29) is 11.7 Å². The van der Waals surface area contributed by atoms with E-state index in [1.165, 1.54) is 36.8 Å². The summed E-state index contributed by atoms with van der Waals surface area (Å²) in [5, 5.41) is 0. The number of ether oxygens (including phenoxy) is 4. The first-order valence-corrected chi connectivity index (χ1v) is 22.3. The largest absolute Gasteiger partial charge is 0.489 e. The Morgan fingerprint density at radius 2 is 0.935 bits per heavy atom. The van der Waals surface area contributed by atoms with Gasteiger partial charge < -0.3 is 30.4 Å². The van der Waals surface area contributed by atoms with Crippen LogP contribution in [0.25, 0.3) is 0 Å². The molecule has 0 unspecified atom stereocenters. The molecule has 0 saturated carbocycles. The molecular weight excluding hydrogens is 781 g/mol. The summed E-state index contributed by atoms with van der Waals surface area (Å²) < 4.78 is 22.3. The predicted molar refractivity (Wildman–Crippen MR) is 244 cm³/mol. The van der Waals surface area contributed by atoms with Gasteiger partial charge in [0.25, 0.3) is 0 Å². The summed E-state index contributed by atoms with van der Waals surface area (Å²) in [6.45, 7) is 12.1. The van der Waals surface area contributed by atoms with Crippen molar-refractivity contribution in [3.05, 3.63) is 130 Å². The van der Waals surface area contributed by atoms with Crippen molar-refractivity contribution < 1.29 is 28.5 Å². The summed E-state index contributed by atoms with van der Waals surface area (Å²) in [6.07, 6.45) is 7.18. The van der Waals surface area contributed by atoms with Crippen LogP contribution in [0.15, 0.2) is 107 Å². The number of benzene rings is 4. The molecule has 0 spiro atoms. The number of amidine groups is 2. The second-order valence-electron chi connectivity index (χ2n) is 16.4. The first-order valence-electron chi connectivity index (χ1n) is 22.3. The third kappa shape index (κ3) is 14.7. The van der Waals surface area contributed by atoms with E-state index >= 15 is 0 Å². The van der Waals surface area contributed by atoms with Crippen LogP contribution in [0.4, 0.5) is 9.59 Å². The summed E-state index contributed by atoms with van der Waals surface area (Å²) in [6, 6.07) is 31.9. The van der Waals surface area contributed by atoms with E-state index < -0.39 is 12.2 Å². The summed E-state index contributed by atoms with van der Waals surface area (Å²) in [4.78, 5) is 36.6. The lowest BCUT2D eigenvalue weighted by atomic mass is 9.78. The Labute approximate surface area is 367 Å². The van der Waals surface area contributed by atoms with Crippen LogP contribution in [0.3, 0.4) is 0 Å². The van der Waals surface area contributed by atoms with Crippen LogP contribution in [0.5, 0.6) is 11.5 Å². The van der Waals surface area contributed by atoms with Crippen LogP contribution in [-0.2, 0) is 35.8 Å². The average Bonchev–Trinajstić information content (AvgIpc) is 3.29. The lowest BCUT2D eigenvalue weighted by molar-refractivity contribution is 0.0909. The number of aliphatic imine (C=N–C) groups is 2. The predicted octanol–water partition coefficient (Wildman–Crippen LogP) is 9.25. The van der Waals surface area contributed by atoms with E-state index in [2.05, 4.69) is 68.3 Å². The zero-order chi connectivity index (χ0) is 43.5. The average molecular weight is 845 g/mol. The number of nitrogens with two attached hydrogens (primary N) is 2. The van der Waals surface area contributed by atoms with Crippen molar-refractivity contribution in [1.29, 1.82) is 0 Å². The molecule has 4 aromatic carbocycles.